The first kappa shape index (κ1) is 25.4. The van der Waals surface area contributed by atoms with Gasteiger partial charge in [0.25, 0.3) is 0 Å². The molecule has 3 rings (SSSR count). The molecule has 31 heavy (non-hydrogen) atoms. The van der Waals surface area contributed by atoms with Crippen molar-refractivity contribution in [1.29, 1.82) is 0 Å². The molecule has 3 N–H and O–H groups in total. The fraction of sp³-hybridized carbons (Fsp3) is 0.458. The largest absolute Gasteiger partial charge is 0.506 e. The summed E-state index contributed by atoms with van der Waals surface area (Å²) in [6.07, 6.45) is 6.46. The van der Waals surface area contributed by atoms with E-state index in [1.807, 2.05) is 12.1 Å². The summed E-state index contributed by atoms with van der Waals surface area (Å²) in [6, 6.07) is 14.5. The maximum absolute atomic E-state index is 11.6. The predicted octanol–water partition coefficient (Wildman–Crippen LogP) is 5.06. The first-order valence-electron chi connectivity index (χ1n) is 10.8. The standard InChI is InChI=1S/C24H32N2O3S.ClH/c1-18(8-4-3-7-16-29-17-14-19-9-5-2-6-10-19)25-15-13-20-11-12-21(27)22-23(20)30-24(28)26-22;/h2,5-6,9-12,18,25,27H,3-4,7-8,13-17H2,1H3,(H,26,28);1H. The molecular formula is C24H33ClN2O3S. The van der Waals surface area contributed by atoms with Gasteiger partial charge < -0.3 is 20.1 Å². The Labute approximate surface area is 194 Å². The van der Waals surface area contributed by atoms with Gasteiger partial charge in [-0.3, -0.25) is 4.79 Å². The van der Waals surface area contributed by atoms with Gasteiger partial charge in [-0.25, -0.2) is 0 Å². The number of aromatic hydroxyl groups is 1. The number of aromatic amines is 1. The number of nitrogens with one attached hydrogen (secondary N) is 2. The Balaban J connectivity index is 0.00000341. The zero-order valence-corrected chi connectivity index (χ0v) is 19.7. The molecule has 5 nitrogen and oxygen atoms in total. The quantitative estimate of drug-likeness (QED) is 0.309. The Morgan fingerprint density at radius 2 is 1.87 bits per heavy atom. The third kappa shape index (κ3) is 8.30. The monoisotopic (exact) mass is 464 g/mol. The number of fused-ring (bicyclic) bond motifs is 1. The van der Waals surface area contributed by atoms with E-state index in [9.17, 15) is 9.90 Å². The molecule has 0 radical (unpaired) electrons. The SMILES string of the molecule is CC(CCCCCOCCc1ccccc1)NCCc1ccc(O)c2[nH]c(=O)sc12.Cl. The molecule has 1 aromatic heterocycles. The number of aromatic nitrogens is 1. The average molecular weight is 465 g/mol. The van der Waals surface area contributed by atoms with E-state index in [2.05, 4.69) is 41.5 Å². The molecule has 0 fully saturated rings. The second-order valence-electron chi connectivity index (χ2n) is 7.76. The van der Waals surface area contributed by atoms with Gasteiger partial charge in [-0.15, -0.1) is 12.4 Å². The van der Waals surface area contributed by atoms with Crippen molar-refractivity contribution in [3.05, 3.63) is 63.3 Å². The molecule has 0 saturated carbocycles. The van der Waals surface area contributed by atoms with Crippen LogP contribution in [0.25, 0.3) is 10.2 Å². The minimum absolute atomic E-state index is 0. The van der Waals surface area contributed by atoms with Crippen LogP contribution in [0.5, 0.6) is 5.75 Å². The average Bonchev–Trinajstić information content (AvgIpc) is 3.15. The van der Waals surface area contributed by atoms with Crippen LogP contribution in [0.2, 0.25) is 0 Å². The fourth-order valence-electron chi connectivity index (χ4n) is 3.59. The van der Waals surface area contributed by atoms with Crippen molar-refractivity contribution in [3.63, 3.8) is 0 Å². The van der Waals surface area contributed by atoms with E-state index in [4.69, 9.17) is 4.74 Å². The van der Waals surface area contributed by atoms with Crippen LogP contribution in [0.3, 0.4) is 0 Å². The van der Waals surface area contributed by atoms with Crippen molar-refractivity contribution < 1.29 is 9.84 Å². The summed E-state index contributed by atoms with van der Waals surface area (Å²) in [5.41, 5.74) is 2.98. The molecule has 7 heteroatoms. The molecule has 170 valence electrons. The van der Waals surface area contributed by atoms with Crippen LogP contribution in [-0.2, 0) is 17.6 Å². The van der Waals surface area contributed by atoms with Crippen molar-refractivity contribution in [2.24, 2.45) is 0 Å². The van der Waals surface area contributed by atoms with Crippen LogP contribution in [0.4, 0.5) is 0 Å². The highest BCUT2D eigenvalue weighted by Gasteiger charge is 2.10. The summed E-state index contributed by atoms with van der Waals surface area (Å²) >= 11 is 1.16. The zero-order chi connectivity index (χ0) is 21.2. The molecule has 0 aliphatic heterocycles. The van der Waals surface area contributed by atoms with Crippen molar-refractivity contribution >= 4 is 34.0 Å². The maximum Gasteiger partial charge on any atom is 0.305 e. The Kier molecular flexibility index (Phi) is 11.1. The van der Waals surface area contributed by atoms with Crippen molar-refractivity contribution in [2.45, 2.75) is 51.5 Å². The van der Waals surface area contributed by atoms with Gasteiger partial charge in [0.1, 0.15) is 11.3 Å². The van der Waals surface area contributed by atoms with Crippen molar-refractivity contribution in [3.8, 4) is 5.75 Å². The molecule has 0 aliphatic carbocycles. The van der Waals surface area contributed by atoms with E-state index in [1.165, 1.54) is 18.4 Å². The first-order valence-corrected chi connectivity index (χ1v) is 11.6. The fourth-order valence-corrected chi connectivity index (χ4v) is 4.49. The van der Waals surface area contributed by atoms with Crippen LogP contribution in [-0.4, -0.2) is 35.9 Å². The summed E-state index contributed by atoms with van der Waals surface area (Å²) in [5, 5.41) is 13.4. The normalized spacial score (nSPS) is 12.0. The highest BCUT2D eigenvalue weighted by atomic mass is 35.5. The maximum atomic E-state index is 11.6. The van der Waals surface area contributed by atoms with E-state index in [-0.39, 0.29) is 23.0 Å². The number of phenolic OH excluding ortho intramolecular Hbond substituents is 1. The smallest absolute Gasteiger partial charge is 0.305 e. The van der Waals surface area contributed by atoms with Crippen molar-refractivity contribution in [2.75, 3.05) is 19.8 Å². The molecule has 0 saturated heterocycles. The van der Waals surface area contributed by atoms with Crippen LogP contribution >= 0.6 is 23.7 Å². The third-order valence-electron chi connectivity index (χ3n) is 5.33. The molecule has 0 aliphatic rings. The molecule has 1 atom stereocenters. The zero-order valence-electron chi connectivity index (χ0n) is 18.1. The minimum Gasteiger partial charge on any atom is -0.506 e. The first-order chi connectivity index (χ1) is 14.6. The lowest BCUT2D eigenvalue weighted by atomic mass is 10.1. The van der Waals surface area contributed by atoms with Gasteiger partial charge in [0.15, 0.2) is 0 Å². The lowest BCUT2D eigenvalue weighted by Gasteiger charge is -2.14. The van der Waals surface area contributed by atoms with Gasteiger partial charge in [-0.1, -0.05) is 60.6 Å². The number of benzene rings is 2. The predicted molar refractivity (Wildman–Crippen MR) is 132 cm³/mol. The molecule has 0 bridgehead atoms. The highest BCUT2D eigenvalue weighted by Crippen LogP contribution is 2.27. The van der Waals surface area contributed by atoms with E-state index < -0.39 is 0 Å². The van der Waals surface area contributed by atoms with Crippen LogP contribution in [0, 0.1) is 0 Å². The molecular weight excluding hydrogens is 432 g/mol. The number of H-pyrrole nitrogens is 1. The number of unbranched alkanes of at least 4 members (excludes halogenated alkanes) is 2. The summed E-state index contributed by atoms with van der Waals surface area (Å²) in [5.74, 6) is 0.137. The lowest BCUT2D eigenvalue weighted by molar-refractivity contribution is 0.132. The van der Waals surface area contributed by atoms with Crippen LogP contribution < -0.4 is 10.2 Å². The van der Waals surface area contributed by atoms with Gasteiger partial charge in [-0.2, -0.15) is 0 Å². The number of ether oxygens (including phenoxy) is 1. The number of hydrogen-bond donors (Lipinski definition) is 3. The Bertz CT molecular complexity index is 958. The number of rotatable bonds is 13. The van der Waals surface area contributed by atoms with E-state index in [0.29, 0.717) is 11.6 Å². The summed E-state index contributed by atoms with van der Waals surface area (Å²) in [6.45, 7) is 4.71. The Morgan fingerprint density at radius 3 is 2.68 bits per heavy atom. The Morgan fingerprint density at radius 1 is 1.06 bits per heavy atom. The summed E-state index contributed by atoms with van der Waals surface area (Å²) in [7, 11) is 0. The number of halogens is 1. The molecule has 1 heterocycles. The van der Waals surface area contributed by atoms with Crippen molar-refractivity contribution in [1.82, 2.24) is 10.3 Å². The van der Waals surface area contributed by atoms with Gasteiger partial charge in [-0.05, 0) is 56.3 Å². The number of hydrogen-bond acceptors (Lipinski definition) is 5. The topological polar surface area (TPSA) is 74.3 Å². The van der Waals surface area contributed by atoms with Gasteiger partial charge >= 0.3 is 4.87 Å². The molecule has 1 unspecified atom stereocenters. The van der Waals surface area contributed by atoms with Gasteiger partial charge in [0.05, 0.1) is 11.3 Å². The minimum atomic E-state index is -0.127. The van der Waals surface area contributed by atoms with Gasteiger partial charge in [0.2, 0.25) is 0 Å². The summed E-state index contributed by atoms with van der Waals surface area (Å²) in [4.78, 5) is 14.2. The van der Waals surface area contributed by atoms with Gasteiger partial charge in [0, 0.05) is 12.6 Å². The Hall–Kier alpha value is -1.86. The number of phenols is 1. The van der Waals surface area contributed by atoms with Crippen LogP contribution in [0.1, 0.15) is 43.7 Å². The molecule has 0 spiro atoms. The van der Waals surface area contributed by atoms with E-state index in [0.717, 1.165) is 67.0 Å². The third-order valence-corrected chi connectivity index (χ3v) is 6.29. The van der Waals surface area contributed by atoms with E-state index >= 15 is 0 Å². The van der Waals surface area contributed by atoms with Crippen LogP contribution in [0.15, 0.2) is 47.3 Å². The highest BCUT2D eigenvalue weighted by molar-refractivity contribution is 7.16. The number of thiazole rings is 1. The summed E-state index contributed by atoms with van der Waals surface area (Å²) < 4.78 is 6.61. The molecule has 2 aromatic carbocycles. The second-order valence-corrected chi connectivity index (χ2v) is 8.75. The molecule has 3 aromatic rings. The van der Waals surface area contributed by atoms with E-state index in [1.54, 1.807) is 6.07 Å². The molecule has 0 amide bonds. The lowest BCUT2D eigenvalue weighted by Crippen LogP contribution is -2.28. The second kappa shape index (κ2) is 13.5.